The first-order valence-corrected chi connectivity index (χ1v) is 6.06. The first-order chi connectivity index (χ1) is 8.55. The highest BCUT2D eigenvalue weighted by Gasteiger charge is 2.53. The molecule has 1 aromatic rings. The van der Waals surface area contributed by atoms with Gasteiger partial charge in [0.15, 0.2) is 0 Å². The van der Waals surface area contributed by atoms with Gasteiger partial charge >= 0.3 is 12.4 Å². The van der Waals surface area contributed by atoms with Crippen molar-refractivity contribution in [2.45, 2.75) is 15.9 Å². The summed E-state index contributed by atoms with van der Waals surface area (Å²) in [5.74, 6) is 0. The second-order valence-corrected chi connectivity index (χ2v) is 5.64. The highest BCUT2D eigenvalue weighted by atomic mass is 127. The molecule has 19 heavy (non-hydrogen) atoms. The highest BCUT2D eigenvalue weighted by Crippen LogP contribution is 2.47. The van der Waals surface area contributed by atoms with Crippen molar-refractivity contribution < 1.29 is 26.3 Å². The Labute approximate surface area is 117 Å². The van der Waals surface area contributed by atoms with Crippen LogP contribution in [0.4, 0.5) is 32.0 Å². The minimum absolute atomic E-state index is 0.0753. The van der Waals surface area contributed by atoms with Gasteiger partial charge in [-0.05, 0) is 40.3 Å². The van der Waals surface area contributed by atoms with Crippen molar-refractivity contribution in [2.24, 2.45) is 0 Å². The molecular formula is C11H6F6IN. The van der Waals surface area contributed by atoms with E-state index in [-0.39, 0.29) is 5.56 Å². The molecule has 1 aliphatic heterocycles. The topological polar surface area (TPSA) is 12.0 Å². The van der Waals surface area contributed by atoms with Crippen LogP contribution in [0.25, 0.3) is 6.08 Å². The molecule has 0 saturated heterocycles. The summed E-state index contributed by atoms with van der Waals surface area (Å²) in [5, 5.41) is 1.94. The molecule has 1 atom stereocenters. The molecule has 0 aromatic heterocycles. The van der Waals surface area contributed by atoms with Crippen molar-refractivity contribution in [3.05, 3.63) is 35.4 Å². The lowest BCUT2D eigenvalue weighted by Crippen LogP contribution is -2.46. The molecule has 0 aliphatic carbocycles. The zero-order valence-electron chi connectivity index (χ0n) is 9.03. The maximum atomic E-state index is 12.8. The molecular weight excluding hydrogens is 387 g/mol. The predicted octanol–water partition coefficient (Wildman–Crippen LogP) is 4.84. The van der Waals surface area contributed by atoms with Crippen LogP contribution in [-0.4, -0.2) is 9.72 Å². The van der Waals surface area contributed by atoms with Crippen LogP contribution in [0.15, 0.2) is 24.3 Å². The fourth-order valence-electron chi connectivity index (χ4n) is 1.68. The van der Waals surface area contributed by atoms with Gasteiger partial charge in [0.1, 0.15) is 0 Å². The van der Waals surface area contributed by atoms with Crippen molar-refractivity contribution in [3.8, 4) is 0 Å². The Hall–Kier alpha value is -0.930. The summed E-state index contributed by atoms with van der Waals surface area (Å²) in [7, 11) is 0. The number of fused-ring (bicyclic) bond motifs is 1. The molecule has 0 bridgehead atoms. The lowest BCUT2D eigenvalue weighted by atomic mass is 10.0. The smallest absolute Gasteiger partial charge is 0.359 e. The van der Waals surface area contributed by atoms with Crippen LogP contribution >= 0.6 is 22.6 Å². The van der Waals surface area contributed by atoms with Crippen molar-refractivity contribution in [3.63, 3.8) is 0 Å². The van der Waals surface area contributed by atoms with E-state index in [2.05, 4.69) is 0 Å². The molecule has 2 rings (SSSR count). The maximum absolute atomic E-state index is 12.8. The Kier molecular flexibility index (Phi) is 3.27. The predicted molar refractivity (Wildman–Crippen MR) is 66.9 cm³/mol. The largest absolute Gasteiger partial charge is 0.424 e. The summed E-state index contributed by atoms with van der Waals surface area (Å²) in [6.45, 7) is 0. The third-order valence-electron chi connectivity index (χ3n) is 2.61. The second kappa shape index (κ2) is 4.29. The number of benzene rings is 1. The molecule has 0 saturated carbocycles. The van der Waals surface area contributed by atoms with Gasteiger partial charge in [0.2, 0.25) is 3.55 Å². The molecule has 1 heterocycles. The lowest BCUT2D eigenvalue weighted by Gasteiger charge is -2.34. The minimum Gasteiger partial charge on any atom is -0.359 e. The quantitative estimate of drug-likeness (QED) is 0.288. The molecule has 0 amide bonds. The third-order valence-corrected chi connectivity index (χ3v) is 3.85. The van der Waals surface area contributed by atoms with Gasteiger partial charge in [0.25, 0.3) is 0 Å². The summed E-state index contributed by atoms with van der Waals surface area (Å²) in [4.78, 5) is 0. The van der Waals surface area contributed by atoms with E-state index in [9.17, 15) is 26.3 Å². The fraction of sp³-hybridized carbons (Fsp3) is 0.273. The van der Waals surface area contributed by atoms with Crippen LogP contribution in [-0.2, 0) is 6.18 Å². The molecule has 104 valence electrons. The molecule has 8 heteroatoms. The number of hydrogen-bond acceptors (Lipinski definition) is 1. The minimum atomic E-state index is -4.72. The van der Waals surface area contributed by atoms with Gasteiger partial charge in [-0.2, -0.15) is 26.3 Å². The van der Waals surface area contributed by atoms with Crippen LogP contribution in [0.2, 0.25) is 0 Å². The fourth-order valence-corrected chi connectivity index (χ4v) is 2.13. The van der Waals surface area contributed by atoms with E-state index < -0.39 is 27.1 Å². The Morgan fingerprint density at radius 1 is 1.05 bits per heavy atom. The normalized spacial score (nSPS) is 22.9. The first kappa shape index (κ1) is 14.5. The van der Waals surface area contributed by atoms with Gasteiger partial charge in [-0.3, -0.25) is 0 Å². The van der Waals surface area contributed by atoms with E-state index in [1.165, 1.54) is 6.07 Å². The first-order valence-electron chi connectivity index (χ1n) is 4.98. The van der Waals surface area contributed by atoms with Crippen molar-refractivity contribution in [1.82, 2.24) is 0 Å². The standard InChI is InChI=1S/C11H6F6IN/c12-10(13,14)7-3-1-2-6-4-5-9(18,11(15,16)17)19-8(6)7/h1-5,19H. The zero-order chi connectivity index (χ0) is 14.5. The summed E-state index contributed by atoms with van der Waals surface area (Å²) < 4.78 is 74.3. The van der Waals surface area contributed by atoms with E-state index in [1.807, 2.05) is 5.32 Å². The van der Waals surface area contributed by atoms with Crippen LogP contribution in [0, 0.1) is 0 Å². The number of halogens is 7. The molecule has 1 unspecified atom stereocenters. The Bertz CT molecular complexity index is 533. The zero-order valence-corrected chi connectivity index (χ0v) is 11.2. The summed E-state index contributed by atoms with van der Waals surface area (Å²) in [6, 6.07) is 3.22. The average Bonchev–Trinajstić information content (AvgIpc) is 2.25. The number of para-hydroxylation sites is 1. The van der Waals surface area contributed by atoms with E-state index in [0.717, 1.165) is 46.9 Å². The number of rotatable bonds is 0. The highest BCUT2D eigenvalue weighted by molar-refractivity contribution is 14.1. The third kappa shape index (κ3) is 2.54. The Balaban J connectivity index is 2.56. The molecule has 0 fully saturated rings. The van der Waals surface area contributed by atoms with E-state index >= 15 is 0 Å². The van der Waals surface area contributed by atoms with Gasteiger partial charge in [0, 0.05) is 0 Å². The van der Waals surface area contributed by atoms with Gasteiger partial charge in [-0.25, -0.2) is 0 Å². The number of hydrogen-bond donors (Lipinski definition) is 1. The summed E-state index contributed by atoms with van der Waals surface area (Å²) in [5.41, 5.74) is -1.59. The van der Waals surface area contributed by atoms with E-state index in [4.69, 9.17) is 0 Å². The van der Waals surface area contributed by atoms with Gasteiger partial charge in [0.05, 0.1) is 11.3 Å². The summed E-state index contributed by atoms with van der Waals surface area (Å²) in [6.07, 6.45) is -7.58. The maximum Gasteiger partial charge on any atom is 0.424 e. The molecule has 1 nitrogen and oxygen atoms in total. The van der Waals surface area contributed by atoms with Gasteiger partial charge < -0.3 is 5.32 Å². The SMILES string of the molecule is FC(F)(F)c1cccc2c1NC(I)(C(F)(F)F)C=C2. The number of alkyl halides is 7. The summed E-state index contributed by atoms with van der Waals surface area (Å²) >= 11 is 1.05. The van der Waals surface area contributed by atoms with Crippen molar-refractivity contribution >= 4 is 34.4 Å². The van der Waals surface area contributed by atoms with E-state index in [0.29, 0.717) is 0 Å². The Morgan fingerprint density at radius 3 is 2.21 bits per heavy atom. The van der Waals surface area contributed by atoms with Crippen molar-refractivity contribution in [2.75, 3.05) is 5.32 Å². The van der Waals surface area contributed by atoms with Crippen LogP contribution in [0.5, 0.6) is 0 Å². The number of anilines is 1. The molecule has 0 spiro atoms. The van der Waals surface area contributed by atoms with Crippen LogP contribution < -0.4 is 5.32 Å². The van der Waals surface area contributed by atoms with Gasteiger partial charge in [-0.1, -0.05) is 18.2 Å². The van der Waals surface area contributed by atoms with Crippen LogP contribution in [0.3, 0.4) is 0 Å². The number of nitrogens with one attached hydrogen (secondary N) is 1. The monoisotopic (exact) mass is 393 g/mol. The van der Waals surface area contributed by atoms with Crippen molar-refractivity contribution in [1.29, 1.82) is 0 Å². The van der Waals surface area contributed by atoms with Crippen LogP contribution in [0.1, 0.15) is 11.1 Å². The second-order valence-electron chi connectivity index (χ2n) is 3.94. The van der Waals surface area contributed by atoms with Gasteiger partial charge in [-0.15, -0.1) is 0 Å². The molecule has 0 radical (unpaired) electrons. The Morgan fingerprint density at radius 2 is 1.68 bits per heavy atom. The van der Waals surface area contributed by atoms with E-state index in [1.54, 1.807) is 0 Å². The lowest BCUT2D eigenvalue weighted by molar-refractivity contribution is -0.141. The molecule has 1 aromatic carbocycles. The molecule has 1 aliphatic rings. The molecule has 1 N–H and O–H groups in total. The average molecular weight is 393 g/mol.